The van der Waals surface area contributed by atoms with Gasteiger partial charge in [-0.1, -0.05) is 19.9 Å². The van der Waals surface area contributed by atoms with E-state index in [2.05, 4.69) is 54.5 Å². The monoisotopic (exact) mass is 330 g/mol. The van der Waals surface area contributed by atoms with Crippen LogP contribution in [0.5, 0.6) is 5.75 Å². The van der Waals surface area contributed by atoms with Gasteiger partial charge in [0.2, 0.25) is 0 Å². The van der Waals surface area contributed by atoms with E-state index in [4.69, 9.17) is 4.74 Å². The summed E-state index contributed by atoms with van der Waals surface area (Å²) in [6.45, 7) is 8.38. The minimum Gasteiger partial charge on any atom is -0.497 e. The molecule has 1 aromatic heterocycles. The van der Waals surface area contributed by atoms with E-state index >= 15 is 0 Å². The van der Waals surface area contributed by atoms with Crippen molar-refractivity contribution < 1.29 is 4.74 Å². The molecular weight excluding hydrogens is 300 g/mol. The fourth-order valence-corrected chi connectivity index (χ4v) is 3.04. The molecule has 0 aliphatic rings. The van der Waals surface area contributed by atoms with Gasteiger partial charge in [-0.05, 0) is 31.6 Å². The van der Waals surface area contributed by atoms with E-state index in [-0.39, 0.29) is 5.41 Å². The Morgan fingerprint density at radius 1 is 1.21 bits per heavy atom. The molecule has 0 fully saturated rings. The molecule has 5 nitrogen and oxygen atoms in total. The molecule has 0 aliphatic carbocycles. The lowest BCUT2D eigenvalue weighted by atomic mass is 9.93. The van der Waals surface area contributed by atoms with Crippen LogP contribution in [0.25, 0.3) is 10.9 Å². The van der Waals surface area contributed by atoms with E-state index in [1.807, 2.05) is 24.4 Å². The summed E-state index contributed by atoms with van der Waals surface area (Å²) >= 11 is 0. The number of fused-ring (bicyclic) bond motifs is 1. The number of benzene rings is 1. The van der Waals surface area contributed by atoms with E-state index in [0.717, 1.165) is 48.5 Å². The van der Waals surface area contributed by atoms with Crippen LogP contribution in [-0.4, -0.2) is 57.3 Å². The molecule has 0 bridgehead atoms. The first-order valence-corrected chi connectivity index (χ1v) is 8.43. The summed E-state index contributed by atoms with van der Waals surface area (Å²) in [5.74, 6) is 0.845. The number of nitrogens with zero attached hydrogens (tertiary/aromatic N) is 2. The van der Waals surface area contributed by atoms with Gasteiger partial charge in [-0.3, -0.25) is 4.98 Å². The van der Waals surface area contributed by atoms with E-state index in [0.29, 0.717) is 0 Å². The van der Waals surface area contributed by atoms with Crippen molar-refractivity contribution in [1.29, 1.82) is 0 Å². The molecule has 0 saturated carbocycles. The third kappa shape index (κ3) is 5.35. The lowest BCUT2D eigenvalue weighted by molar-refractivity contribution is 0.234. The van der Waals surface area contributed by atoms with E-state index in [1.54, 1.807) is 7.11 Å². The first-order chi connectivity index (χ1) is 11.4. The predicted octanol–water partition coefficient (Wildman–Crippen LogP) is 2.83. The van der Waals surface area contributed by atoms with Gasteiger partial charge in [0.05, 0.1) is 18.3 Å². The Labute approximate surface area is 145 Å². The van der Waals surface area contributed by atoms with Gasteiger partial charge in [0.1, 0.15) is 5.75 Å². The summed E-state index contributed by atoms with van der Waals surface area (Å²) < 4.78 is 5.38. The van der Waals surface area contributed by atoms with Crippen LogP contribution in [0.1, 0.15) is 13.8 Å². The number of hydrogen-bond donors (Lipinski definition) is 2. The average Bonchev–Trinajstić information content (AvgIpc) is 2.52. The zero-order valence-corrected chi connectivity index (χ0v) is 15.5. The molecule has 1 heterocycles. The SMILES string of the molecule is COc1cc(NCCNCC(C)(C)CN(C)C)c2ncccc2c1. The van der Waals surface area contributed by atoms with Gasteiger partial charge in [-0.2, -0.15) is 0 Å². The van der Waals surface area contributed by atoms with E-state index in [1.165, 1.54) is 0 Å². The minimum absolute atomic E-state index is 0.258. The highest BCUT2D eigenvalue weighted by molar-refractivity contribution is 5.91. The van der Waals surface area contributed by atoms with Crippen LogP contribution in [0.15, 0.2) is 30.5 Å². The summed E-state index contributed by atoms with van der Waals surface area (Å²) in [6, 6.07) is 8.01. The van der Waals surface area contributed by atoms with Crippen molar-refractivity contribution in [2.75, 3.05) is 52.7 Å². The largest absolute Gasteiger partial charge is 0.497 e. The van der Waals surface area contributed by atoms with Crippen LogP contribution < -0.4 is 15.4 Å². The fraction of sp³-hybridized carbons (Fsp3) is 0.526. The number of methoxy groups -OCH3 is 1. The molecule has 0 amide bonds. The quantitative estimate of drug-likeness (QED) is 0.693. The zero-order chi connectivity index (χ0) is 17.6. The Balaban J connectivity index is 1.90. The van der Waals surface area contributed by atoms with Crippen LogP contribution in [0.4, 0.5) is 5.69 Å². The standard InChI is InChI=1S/C19H30N4O/c1-19(2,14-23(3)4)13-20-9-10-21-17-12-16(24-5)11-15-7-6-8-22-18(15)17/h6-8,11-12,20-21H,9-10,13-14H2,1-5H3. The highest BCUT2D eigenvalue weighted by Crippen LogP contribution is 2.27. The molecule has 5 heteroatoms. The van der Waals surface area contributed by atoms with Crippen molar-refractivity contribution in [1.82, 2.24) is 15.2 Å². The van der Waals surface area contributed by atoms with Crippen LogP contribution in [0, 0.1) is 5.41 Å². The number of aromatic nitrogens is 1. The molecule has 2 N–H and O–H groups in total. The minimum atomic E-state index is 0.258. The van der Waals surface area contributed by atoms with Gasteiger partial charge in [-0.15, -0.1) is 0 Å². The summed E-state index contributed by atoms with van der Waals surface area (Å²) in [5.41, 5.74) is 2.25. The second kappa shape index (κ2) is 8.31. The predicted molar refractivity (Wildman–Crippen MR) is 102 cm³/mol. The molecule has 0 unspecified atom stereocenters. The van der Waals surface area contributed by atoms with Crippen LogP contribution in [0.2, 0.25) is 0 Å². The molecule has 1 aromatic carbocycles. The van der Waals surface area contributed by atoms with Crippen molar-refractivity contribution in [3.8, 4) is 5.75 Å². The van der Waals surface area contributed by atoms with Gasteiger partial charge in [0, 0.05) is 43.8 Å². The lowest BCUT2D eigenvalue weighted by Gasteiger charge is -2.28. The first kappa shape index (κ1) is 18.5. The molecule has 2 aromatic rings. The smallest absolute Gasteiger partial charge is 0.121 e. The maximum absolute atomic E-state index is 5.38. The van der Waals surface area contributed by atoms with Gasteiger partial charge in [0.15, 0.2) is 0 Å². The van der Waals surface area contributed by atoms with Crippen molar-refractivity contribution in [2.45, 2.75) is 13.8 Å². The molecule has 0 radical (unpaired) electrons. The van der Waals surface area contributed by atoms with Crippen molar-refractivity contribution in [3.05, 3.63) is 30.5 Å². The number of anilines is 1. The maximum Gasteiger partial charge on any atom is 0.121 e. The average molecular weight is 330 g/mol. The molecular formula is C19H30N4O. The van der Waals surface area contributed by atoms with Crippen molar-refractivity contribution in [2.24, 2.45) is 5.41 Å². The van der Waals surface area contributed by atoms with Gasteiger partial charge < -0.3 is 20.3 Å². The van der Waals surface area contributed by atoms with Crippen LogP contribution in [-0.2, 0) is 0 Å². The summed E-state index contributed by atoms with van der Waals surface area (Å²) in [5, 5.41) is 8.09. The summed E-state index contributed by atoms with van der Waals surface area (Å²) in [4.78, 5) is 6.71. The maximum atomic E-state index is 5.38. The van der Waals surface area contributed by atoms with E-state index < -0.39 is 0 Å². The second-order valence-electron chi connectivity index (χ2n) is 7.26. The number of rotatable bonds is 9. The number of ether oxygens (including phenoxy) is 1. The molecule has 0 spiro atoms. The van der Waals surface area contributed by atoms with Crippen LogP contribution >= 0.6 is 0 Å². The third-order valence-corrected chi connectivity index (χ3v) is 3.88. The Bertz CT molecular complexity index is 655. The highest BCUT2D eigenvalue weighted by Gasteiger charge is 2.17. The fourth-order valence-electron chi connectivity index (χ4n) is 3.04. The van der Waals surface area contributed by atoms with Gasteiger partial charge in [-0.25, -0.2) is 0 Å². The normalized spacial score (nSPS) is 11.9. The zero-order valence-electron chi connectivity index (χ0n) is 15.5. The molecule has 2 rings (SSSR count). The first-order valence-electron chi connectivity index (χ1n) is 8.43. The Morgan fingerprint density at radius 2 is 2.00 bits per heavy atom. The van der Waals surface area contributed by atoms with Crippen molar-refractivity contribution in [3.63, 3.8) is 0 Å². The van der Waals surface area contributed by atoms with Gasteiger partial charge >= 0.3 is 0 Å². The molecule has 0 atom stereocenters. The van der Waals surface area contributed by atoms with Crippen LogP contribution in [0.3, 0.4) is 0 Å². The van der Waals surface area contributed by atoms with Gasteiger partial charge in [0.25, 0.3) is 0 Å². The molecule has 24 heavy (non-hydrogen) atoms. The van der Waals surface area contributed by atoms with Crippen molar-refractivity contribution >= 4 is 16.6 Å². The molecule has 0 aliphatic heterocycles. The third-order valence-electron chi connectivity index (χ3n) is 3.88. The lowest BCUT2D eigenvalue weighted by Crippen LogP contribution is -2.39. The topological polar surface area (TPSA) is 49.4 Å². The summed E-state index contributed by atoms with van der Waals surface area (Å²) in [6.07, 6.45) is 1.82. The Morgan fingerprint density at radius 3 is 2.71 bits per heavy atom. The number of nitrogens with one attached hydrogen (secondary N) is 2. The number of pyridine rings is 1. The Kier molecular flexibility index (Phi) is 6.40. The molecule has 0 saturated heterocycles. The number of hydrogen-bond acceptors (Lipinski definition) is 5. The second-order valence-corrected chi connectivity index (χ2v) is 7.26. The summed E-state index contributed by atoms with van der Waals surface area (Å²) in [7, 11) is 5.92. The molecule has 132 valence electrons. The van der Waals surface area contributed by atoms with E-state index in [9.17, 15) is 0 Å². The Hall–Kier alpha value is -1.85. The highest BCUT2D eigenvalue weighted by atomic mass is 16.5.